The van der Waals surface area contributed by atoms with Crippen molar-refractivity contribution in [2.24, 2.45) is 5.92 Å². The molecule has 2 saturated heterocycles. The Kier molecular flexibility index (Phi) is 4.61. The molecule has 2 heterocycles. The Bertz CT molecular complexity index is 510. The first kappa shape index (κ1) is 15.3. The third-order valence-electron chi connectivity index (χ3n) is 4.64. The highest BCUT2D eigenvalue weighted by Crippen LogP contribution is 2.35. The van der Waals surface area contributed by atoms with Gasteiger partial charge in [-0.15, -0.1) is 0 Å². The van der Waals surface area contributed by atoms with Crippen LogP contribution in [0.2, 0.25) is 0 Å². The zero-order valence-electron chi connectivity index (χ0n) is 12.6. The zero-order valence-corrected chi connectivity index (χ0v) is 12.6. The molecule has 6 heteroatoms. The number of aliphatic hydroxyl groups excluding tert-OH is 1. The number of hydrogen-bond acceptors (Lipinski definition) is 5. The molecule has 3 rings (SSSR count). The molecule has 2 aliphatic rings. The normalized spacial score (nSPS) is 30.4. The Morgan fingerprint density at radius 2 is 2.18 bits per heavy atom. The average molecular weight is 306 g/mol. The minimum absolute atomic E-state index is 0.00296. The van der Waals surface area contributed by atoms with E-state index in [0.717, 1.165) is 0 Å². The summed E-state index contributed by atoms with van der Waals surface area (Å²) in [6.45, 7) is 1.70. The lowest BCUT2D eigenvalue weighted by Crippen LogP contribution is -2.49. The smallest absolute Gasteiger partial charge is 0.410 e. The van der Waals surface area contributed by atoms with E-state index in [-0.39, 0.29) is 30.7 Å². The number of rotatable bonds is 4. The molecule has 1 aromatic carbocycles. The lowest BCUT2D eigenvalue weighted by atomic mass is 9.96. The molecule has 0 spiro atoms. The van der Waals surface area contributed by atoms with Gasteiger partial charge in [0.2, 0.25) is 0 Å². The molecule has 1 amide bonds. The fourth-order valence-corrected chi connectivity index (χ4v) is 3.59. The maximum atomic E-state index is 12.1. The number of carbonyl (C=O) groups is 1. The summed E-state index contributed by atoms with van der Waals surface area (Å²) in [5, 5.41) is 13.3. The predicted octanol–water partition coefficient (Wildman–Crippen LogP) is 0.603. The maximum Gasteiger partial charge on any atom is 0.410 e. The van der Waals surface area contributed by atoms with Crippen molar-refractivity contribution < 1.29 is 19.4 Å². The summed E-state index contributed by atoms with van der Waals surface area (Å²) in [5.41, 5.74) is 1.17. The van der Waals surface area contributed by atoms with E-state index in [0.29, 0.717) is 19.8 Å². The maximum absolute atomic E-state index is 12.1. The highest BCUT2D eigenvalue weighted by Gasteiger charge is 2.53. The second-order valence-electron chi connectivity index (χ2n) is 5.79. The molecule has 6 nitrogen and oxygen atoms in total. The third-order valence-corrected chi connectivity index (χ3v) is 4.64. The van der Waals surface area contributed by atoms with Crippen molar-refractivity contribution in [1.29, 1.82) is 0 Å². The molecule has 2 aliphatic heterocycles. The van der Waals surface area contributed by atoms with Crippen molar-refractivity contribution in [3.05, 3.63) is 35.9 Å². The Hall–Kier alpha value is -1.63. The topological polar surface area (TPSA) is 71.0 Å². The second kappa shape index (κ2) is 6.64. The van der Waals surface area contributed by atoms with Gasteiger partial charge in [-0.2, -0.15) is 0 Å². The molecule has 2 N–H and O–H groups in total. The zero-order chi connectivity index (χ0) is 15.5. The largest absolute Gasteiger partial charge is 0.453 e. The van der Waals surface area contributed by atoms with Crippen LogP contribution in [-0.2, 0) is 16.0 Å². The van der Waals surface area contributed by atoms with Gasteiger partial charge in [0.15, 0.2) is 0 Å². The van der Waals surface area contributed by atoms with Crippen molar-refractivity contribution >= 4 is 6.09 Å². The molecule has 0 aromatic heterocycles. The van der Waals surface area contributed by atoms with Crippen LogP contribution in [0.3, 0.4) is 0 Å². The van der Waals surface area contributed by atoms with Gasteiger partial charge in [-0.05, 0) is 5.56 Å². The molecule has 4 atom stereocenters. The van der Waals surface area contributed by atoms with E-state index in [1.54, 1.807) is 4.90 Å². The Morgan fingerprint density at radius 1 is 1.41 bits per heavy atom. The summed E-state index contributed by atoms with van der Waals surface area (Å²) in [6, 6.07) is 9.77. The minimum Gasteiger partial charge on any atom is -0.453 e. The highest BCUT2D eigenvalue weighted by atomic mass is 16.5. The fourth-order valence-electron chi connectivity index (χ4n) is 3.59. The van der Waals surface area contributed by atoms with E-state index < -0.39 is 6.09 Å². The van der Waals surface area contributed by atoms with E-state index in [1.807, 2.05) is 18.2 Å². The van der Waals surface area contributed by atoms with Crippen LogP contribution in [0.4, 0.5) is 4.79 Å². The van der Waals surface area contributed by atoms with Crippen molar-refractivity contribution in [1.82, 2.24) is 10.2 Å². The van der Waals surface area contributed by atoms with Gasteiger partial charge in [0.25, 0.3) is 0 Å². The van der Waals surface area contributed by atoms with Gasteiger partial charge in [0, 0.05) is 18.5 Å². The number of benzene rings is 1. The Balaban J connectivity index is 1.75. The molecular weight excluding hydrogens is 284 g/mol. The van der Waals surface area contributed by atoms with Crippen LogP contribution in [0.15, 0.2) is 30.3 Å². The number of nitrogens with zero attached hydrogens (tertiary/aromatic N) is 1. The summed E-state index contributed by atoms with van der Waals surface area (Å²) in [7, 11) is 1.37. The highest BCUT2D eigenvalue weighted by molar-refractivity contribution is 5.69. The molecule has 22 heavy (non-hydrogen) atoms. The molecule has 120 valence electrons. The van der Waals surface area contributed by atoms with Crippen LogP contribution in [0.1, 0.15) is 5.56 Å². The number of methoxy groups -OCH3 is 1. The van der Waals surface area contributed by atoms with Crippen molar-refractivity contribution in [2.45, 2.75) is 24.7 Å². The summed E-state index contributed by atoms with van der Waals surface area (Å²) < 4.78 is 10.4. The predicted molar refractivity (Wildman–Crippen MR) is 80.3 cm³/mol. The molecule has 4 unspecified atom stereocenters. The van der Waals surface area contributed by atoms with Gasteiger partial charge in [-0.25, -0.2) is 4.79 Å². The first-order chi connectivity index (χ1) is 10.8. The number of ether oxygens (including phenoxy) is 2. The number of fused-ring (bicyclic) bond motifs is 1. The van der Waals surface area contributed by atoms with Crippen LogP contribution in [0, 0.1) is 5.92 Å². The number of likely N-dealkylation sites (tertiary alicyclic amines) is 1. The molecular formula is C16H22N2O4. The number of carbonyl (C=O) groups excluding carboxylic acids is 1. The number of amides is 1. The van der Waals surface area contributed by atoms with Gasteiger partial charge in [-0.3, -0.25) is 4.90 Å². The van der Waals surface area contributed by atoms with E-state index in [9.17, 15) is 9.90 Å². The first-order valence-corrected chi connectivity index (χ1v) is 7.58. The lowest BCUT2D eigenvalue weighted by molar-refractivity contribution is 0.0629. The van der Waals surface area contributed by atoms with Crippen LogP contribution in [0.5, 0.6) is 0 Å². The quantitative estimate of drug-likeness (QED) is 0.852. The van der Waals surface area contributed by atoms with Crippen molar-refractivity contribution in [3.63, 3.8) is 0 Å². The van der Waals surface area contributed by atoms with E-state index in [4.69, 9.17) is 9.47 Å². The van der Waals surface area contributed by atoms with Crippen LogP contribution < -0.4 is 5.32 Å². The van der Waals surface area contributed by atoms with Gasteiger partial charge >= 0.3 is 6.09 Å². The number of aliphatic hydroxyl groups is 1. The monoisotopic (exact) mass is 306 g/mol. The molecule has 0 saturated carbocycles. The molecule has 0 bridgehead atoms. The molecule has 2 fully saturated rings. The van der Waals surface area contributed by atoms with Gasteiger partial charge in [0.05, 0.1) is 39.0 Å². The standard InChI is InChI=1S/C16H22N2O4/c1-21-16(20)18-13(8-19)15(12-9-22-10-14(12)18)17-7-11-5-3-2-4-6-11/h2-6,12-15,17,19H,7-10H2,1H3. The average Bonchev–Trinajstić information content (AvgIpc) is 3.13. The first-order valence-electron chi connectivity index (χ1n) is 7.58. The summed E-state index contributed by atoms with van der Waals surface area (Å²) in [5.74, 6) is 0.181. The summed E-state index contributed by atoms with van der Waals surface area (Å²) in [4.78, 5) is 13.7. The Morgan fingerprint density at radius 3 is 2.86 bits per heavy atom. The third kappa shape index (κ3) is 2.69. The summed E-state index contributed by atoms with van der Waals surface area (Å²) >= 11 is 0. The second-order valence-corrected chi connectivity index (χ2v) is 5.79. The molecule has 1 aromatic rings. The van der Waals surface area contributed by atoms with Crippen LogP contribution in [0.25, 0.3) is 0 Å². The number of nitrogens with one attached hydrogen (secondary N) is 1. The van der Waals surface area contributed by atoms with Crippen LogP contribution in [-0.4, -0.2) is 61.2 Å². The minimum atomic E-state index is -0.399. The van der Waals surface area contributed by atoms with Gasteiger partial charge < -0.3 is 19.9 Å². The fraction of sp³-hybridized carbons (Fsp3) is 0.562. The van der Waals surface area contributed by atoms with E-state index >= 15 is 0 Å². The van der Waals surface area contributed by atoms with Gasteiger partial charge in [-0.1, -0.05) is 30.3 Å². The SMILES string of the molecule is COC(=O)N1C2COCC2C(NCc2ccccc2)C1CO. The molecule has 0 radical (unpaired) electrons. The van der Waals surface area contributed by atoms with Crippen LogP contribution >= 0.6 is 0 Å². The number of hydrogen-bond donors (Lipinski definition) is 2. The van der Waals surface area contributed by atoms with Gasteiger partial charge in [0.1, 0.15) is 0 Å². The van der Waals surface area contributed by atoms with E-state index in [1.165, 1.54) is 12.7 Å². The Labute approximate surface area is 130 Å². The van der Waals surface area contributed by atoms with Crippen molar-refractivity contribution in [2.75, 3.05) is 26.9 Å². The molecule has 0 aliphatic carbocycles. The lowest BCUT2D eigenvalue weighted by Gasteiger charge is -2.29. The van der Waals surface area contributed by atoms with E-state index in [2.05, 4.69) is 17.4 Å². The van der Waals surface area contributed by atoms with Crippen molar-refractivity contribution in [3.8, 4) is 0 Å². The summed E-state index contributed by atoms with van der Waals surface area (Å²) in [6.07, 6.45) is -0.399.